The third kappa shape index (κ3) is 4.03. The normalized spacial score (nSPS) is 10.9. The second kappa shape index (κ2) is 7.99. The SMILES string of the molecule is COCC(=O)N(CC(OC)OC)c1c(C)cccc1C. The Kier molecular flexibility index (Phi) is 6.64. The number of anilines is 1. The van der Waals surface area contributed by atoms with Gasteiger partial charge in [-0.15, -0.1) is 0 Å². The number of para-hydroxylation sites is 1. The Hall–Kier alpha value is -1.43. The Morgan fingerprint density at radius 2 is 1.70 bits per heavy atom. The summed E-state index contributed by atoms with van der Waals surface area (Å²) in [6.07, 6.45) is -0.477. The second-order valence-corrected chi connectivity index (χ2v) is 4.58. The van der Waals surface area contributed by atoms with E-state index < -0.39 is 6.29 Å². The molecule has 0 fully saturated rings. The topological polar surface area (TPSA) is 48.0 Å². The van der Waals surface area contributed by atoms with Gasteiger partial charge in [0.15, 0.2) is 6.29 Å². The van der Waals surface area contributed by atoms with Crippen LogP contribution in [0.1, 0.15) is 11.1 Å². The number of carbonyl (C=O) groups is 1. The molecule has 20 heavy (non-hydrogen) atoms. The van der Waals surface area contributed by atoms with Crippen molar-refractivity contribution in [3.05, 3.63) is 29.3 Å². The van der Waals surface area contributed by atoms with Crippen LogP contribution in [0.5, 0.6) is 0 Å². The van der Waals surface area contributed by atoms with Gasteiger partial charge in [0, 0.05) is 27.0 Å². The zero-order valence-corrected chi connectivity index (χ0v) is 12.8. The molecular formula is C15H23NO4. The summed E-state index contributed by atoms with van der Waals surface area (Å²) in [5, 5.41) is 0. The maximum absolute atomic E-state index is 12.3. The van der Waals surface area contributed by atoms with Crippen molar-refractivity contribution in [3.63, 3.8) is 0 Å². The number of nitrogens with zero attached hydrogens (tertiary/aromatic N) is 1. The fourth-order valence-electron chi connectivity index (χ4n) is 2.14. The fourth-order valence-corrected chi connectivity index (χ4v) is 2.14. The van der Waals surface area contributed by atoms with Crippen molar-refractivity contribution in [2.75, 3.05) is 39.4 Å². The molecule has 5 heteroatoms. The molecule has 112 valence electrons. The molecule has 0 unspecified atom stereocenters. The Morgan fingerprint density at radius 3 is 2.15 bits per heavy atom. The molecule has 5 nitrogen and oxygen atoms in total. The number of benzene rings is 1. The van der Waals surface area contributed by atoms with Crippen LogP contribution in [0, 0.1) is 13.8 Å². The molecular weight excluding hydrogens is 258 g/mol. The molecule has 1 aromatic rings. The minimum absolute atomic E-state index is 0.0217. The molecule has 0 N–H and O–H groups in total. The first kappa shape index (κ1) is 16.6. The summed E-state index contributed by atoms with van der Waals surface area (Å²) < 4.78 is 15.4. The number of amides is 1. The van der Waals surface area contributed by atoms with Gasteiger partial charge in [0.2, 0.25) is 0 Å². The van der Waals surface area contributed by atoms with Gasteiger partial charge in [0.05, 0.1) is 6.54 Å². The lowest BCUT2D eigenvalue weighted by atomic mass is 10.1. The fraction of sp³-hybridized carbons (Fsp3) is 0.533. The van der Waals surface area contributed by atoms with Crippen molar-refractivity contribution in [2.45, 2.75) is 20.1 Å². The molecule has 0 aliphatic carbocycles. The van der Waals surface area contributed by atoms with Gasteiger partial charge in [-0.2, -0.15) is 0 Å². The predicted molar refractivity (Wildman–Crippen MR) is 78.0 cm³/mol. The summed E-state index contributed by atoms with van der Waals surface area (Å²) in [6.45, 7) is 4.29. The number of aryl methyl sites for hydroxylation is 2. The zero-order chi connectivity index (χ0) is 15.1. The van der Waals surface area contributed by atoms with Crippen LogP contribution in [0.2, 0.25) is 0 Å². The quantitative estimate of drug-likeness (QED) is 0.716. The minimum atomic E-state index is -0.477. The standard InChI is InChI=1S/C15H23NO4/c1-11-7-6-8-12(2)15(11)16(13(17)10-18-3)9-14(19-4)20-5/h6-8,14H,9-10H2,1-5H3. The molecule has 0 atom stereocenters. The van der Waals surface area contributed by atoms with E-state index in [0.717, 1.165) is 16.8 Å². The smallest absolute Gasteiger partial charge is 0.253 e. The van der Waals surface area contributed by atoms with Gasteiger partial charge in [0.1, 0.15) is 6.61 Å². The summed E-state index contributed by atoms with van der Waals surface area (Å²) >= 11 is 0. The molecule has 0 aliphatic heterocycles. The number of hydrogen-bond donors (Lipinski definition) is 0. The predicted octanol–water partition coefficient (Wildman–Crippen LogP) is 1.90. The average molecular weight is 281 g/mol. The van der Waals surface area contributed by atoms with E-state index in [9.17, 15) is 4.79 Å². The van der Waals surface area contributed by atoms with Crippen LogP contribution in [-0.4, -0.2) is 46.7 Å². The van der Waals surface area contributed by atoms with Gasteiger partial charge < -0.3 is 19.1 Å². The number of ether oxygens (including phenoxy) is 3. The second-order valence-electron chi connectivity index (χ2n) is 4.58. The van der Waals surface area contributed by atoms with Gasteiger partial charge in [-0.05, 0) is 25.0 Å². The molecule has 0 saturated carbocycles. The van der Waals surface area contributed by atoms with Crippen molar-refractivity contribution < 1.29 is 19.0 Å². The highest BCUT2D eigenvalue weighted by atomic mass is 16.7. The summed E-state index contributed by atoms with van der Waals surface area (Å²) in [6, 6.07) is 5.92. The van der Waals surface area contributed by atoms with Crippen LogP contribution in [0.25, 0.3) is 0 Å². The Morgan fingerprint density at radius 1 is 1.15 bits per heavy atom. The minimum Gasteiger partial charge on any atom is -0.375 e. The van der Waals surface area contributed by atoms with Gasteiger partial charge in [-0.25, -0.2) is 0 Å². The summed E-state index contributed by atoms with van der Waals surface area (Å²) in [5.41, 5.74) is 2.94. The first-order valence-corrected chi connectivity index (χ1v) is 6.46. The lowest BCUT2D eigenvalue weighted by Gasteiger charge is -2.28. The maximum Gasteiger partial charge on any atom is 0.253 e. The van der Waals surface area contributed by atoms with Gasteiger partial charge in [-0.1, -0.05) is 18.2 Å². The first-order chi connectivity index (χ1) is 9.54. The van der Waals surface area contributed by atoms with Crippen molar-refractivity contribution in [1.29, 1.82) is 0 Å². The van der Waals surface area contributed by atoms with E-state index >= 15 is 0 Å². The molecule has 0 bridgehead atoms. The van der Waals surface area contributed by atoms with Crippen molar-refractivity contribution in [1.82, 2.24) is 0 Å². The Labute approximate surface area is 120 Å². The van der Waals surface area contributed by atoms with Crippen LogP contribution in [0.3, 0.4) is 0 Å². The van der Waals surface area contributed by atoms with Crippen LogP contribution in [0.4, 0.5) is 5.69 Å². The summed E-state index contributed by atoms with van der Waals surface area (Å²) in [7, 11) is 4.61. The van der Waals surface area contributed by atoms with Crippen molar-refractivity contribution in [2.24, 2.45) is 0 Å². The van der Waals surface area contributed by atoms with Gasteiger partial charge in [0.25, 0.3) is 5.91 Å². The van der Waals surface area contributed by atoms with E-state index in [0.29, 0.717) is 6.54 Å². The Balaban J connectivity index is 3.12. The van der Waals surface area contributed by atoms with E-state index in [1.807, 2.05) is 32.0 Å². The summed E-state index contributed by atoms with van der Waals surface area (Å²) in [5.74, 6) is -0.121. The van der Waals surface area contributed by atoms with E-state index in [4.69, 9.17) is 14.2 Å². The van der Waals surface area contributed by atoms with Crippen molar-refractivity contribution in [3.8, 4) is 0 Å². The lowest BCUT2D eigenvalue weighted by molar-refractivity contribution is -0.126. The van der Waals surface area contributed by atoms with E-state index in [-0.39, 0.29) is 12.5 Å². The largest absolute Gasteiger partial charge is 0.375 e. The molecule has 1 amide bonds. The lowest BCUT2D eigenvalue weighted by Crippen LogP contribution is -2.41. The van der Waals surface area contributed by atoms with E-state index in [1.165, 1.54) is 7.11 Å². The third-order valence-corrected chi connectivity index (χ3v) is 3.14. The number of rotatable bonds is 7. The third-order valence-electron chi connectivity index (χ3n) is 3.14. The van der Waals surface area contributed by atoms with Gasteiger partial charge >= 0.3 is 0 Å². The zero-order valence-electron chi connectivity index (χ0n) is 12.8. The molecule has 0 heterocycles. The summed E-state index contributed by atoms with van der Waals surface area (Å²) in [4.78, 5) is 14.0. The van der Waals surface area contributed by atoms with Crippen LogP contribution in [0.15, 0.2) is 18.2 Å². The Bertz CT molecular complexity index is 423. The number of methoxy groups -OCH3 is 3. The maximum atomic E-state index is 12.3. The highest BCUT2D eigenvalue weighted by Crippen LogP contribution is 2.25. The first-order valence-electron chi connectivity index (χ1n) is 6.46. The molecule has 0 aliphatic rings. The molecule has 0 radical (unpaired) electrons. The number of carbonyl (C=O) groups excluding carboxylic acids is 1. The van der Waals surface area contributed by atoms with Crippen LogP contribution < -0.4 is 4.90 Å². The molecule has 1 aromatic carbocycles. The molecule has 1 rings (SSSR count). The van der Waals surface area contributed by atoms with Crippen LogP contribution >= 0.6 is 0 Å². The highest BCUT2D eigenvalue weighted by Gasteiger charge is 2.22. The van der Waals surface area contributed by atoms with Crippen molar-refractivity contribution >= 4 is 11.6 Å². The van der Waals surface area contributed by atoms with Crippen LogP contribution in [-0.2, 0) is 19.0 Å². The highest BCUT2D eigenvalue weighted by molar-refractivity contribution is 5.95. The molecule has 0 spiro atoms. The molecule has 0 saturated heterocycles. The number of hydrogen-bond acceptors (Lipinski definition) is 4. The van der Waals surface area contributed by atoms with E-state index in [2.05, 4.69) is 0 Å². The molecule has 0 aromatic heterocycles. The van der Waals surface area contributed by atoms with Gasteiger partial charge in [-0.3, -0.25) is 4.79 Å². The van der Waals surface area contributed by atoms with E-state index in [1.54, 1.807) is 19.1 Å². The average Bonchev–Trinajstić information content (AvgIpc) is 2.42. The monoisotopic (exact) mass is 281 g/mol.